The van der Waals surface area contributed by atoms with Crippen LogP contribution in [0.15, 0.2) is 21.9 Å². The van der Waals surface area contributed by atoms with Crippen LogP contribution in [0.4, 0.5) is 14.4 Å². The Bertz CT molecular complexity index is 1450. The summed E-state index contributed by atoms with van der Waals surface area (Å²) in [4.78, 5) is 67.1. The molecule has 0 bridgehead atoms. The fourth-order valence-electron chi connectivity index (χ4n) is 6.51. The Balaban J connectivity index is 2.23. The quantitative estimate of drug-likeness (QED) is 0.225. The van der Waals surface area contributed by atoms with E-state index in [2.05, 4.69) is 47.5 Å². The fraction of sp³-hybridized carbons (Fsp3) is 0.710. The Morgan fingerprint density at radius 1 is 0.956 bits per heavy atom. The van der Waals surface area contributed by atoms with E-state index < -0.39 is 73.0 Å². The highest BCUT2D eigenvalue weighted by Gasteiger charge is 2.71. The smallest absolute Gasteiger partial charge is 0.425 e. The number of carbonyl (C=O) groups is 3. The Kier molecular flexibility index (Phi) is 9.95. The molecule has 0 saturated carbocycles. The number of fused-ring (bicyclic) bond motifs is 1. The molecule has 0 aromatic carbocycles. The highest BCUT2D eigenvalue weighted by Crippen LogP contribution is 2.50. The highest BCUT2D eigenvalue weighted by molar-refractivity contribution is 6.77. The van der Waals surface area contributed by atoms with E-state index in [-0.39, 0.29) is 23.2 Å². The second kappa shape index (κ2) is 12.4. The summed E-state index contributed by atoms with van der Waals surface area (Å²) in [6, 6.07) is 0.960. The van der Waals surface area contributed by atoms with Crippen molar-refractivity contribution in [3.8, 4) is 12.3 Å². The molecule has 1 aromatic rings. The summed E-state index contributed by atoms with van der Waals surface area (Å²) in [6.07, 6.45) is -0.168. The van der Waals surface area contributed by atoms with Gasteiger partial charge >= 0.3 is 24.0 Å². The molecule has 3 rings (SSSR count). The van der Waals surface area contributed by atoms with Gasteiger partial charge in [0.2, 0.25) is 5.54 Å². The molecule has 2 saturated heterocycles. The van der Waals surface area contributed by atoms with Gasteiger partial charge < -0.3 is 23.4 Å². The second-order valence-electron chi connectivity index (χ2n) is 14.4. The van der Waals surface area contributed by atoms with E-state index in [4.69, 9.17) is 29.8 Å². The third-order valence-corrected chi connectivity index (χ3v) is 14.2. The first-order valence-corrected chi connectivity index (χ1v) is 17.3. The van der Waals surface area contributed by atoms with Gasteiger partial charge in [0, 0.05) is 12.3 Å². The van der Waals surface area contributed by atoms with E-state index >= 15 is 0 Å². The Labute approximate surface area is 265 Å². The third-order valence-electron chi connectivity index (χ3n) is 8.08. The van der Waals surface area contributed by atoms with E-state index in [0.717, 1.165) is 16.8 Å². The van der Waals surface area contributed by atoms with Crippen LogP contribution in [0.3, 0.4) is 0 Å². The van der Waals surface area contributed by atoms with Crippen LogP contribution in [0, 0.1) is 12.3 Å². The van der Waals surface area contributed by atoms with Crippen molar-refractivity contribution in [2.24, 2.45) is 0 Å². The number of nitrogens with zero attached hydrogens (tertiary/aromatic N) is 3. The molecule has 0 unspecified atom stereocenters. The minimum Gasteiger partial charge on any atom is -0.443 e. The van der Waals surface area contributed by atoms with Crippen molar-refractivity contribution >= 4 is 26.6 Å². The van der Waals surface area contributed by atoms with Crippen molar-refractivity contribution in [3.63, 3.8) is 0 Å². The molecule has 13 nitrogen and oxygen atoms in total. The number of rotatable bonds is 7. The summed E-state index contributed by atoms with van der Waals surface area (Å²) in [5, 5.41) is 0. The molecule has 1 aromatic heterocycles. The lowest BCUT2D eigenvalue weighted by Gasteiger charge is -2.42. The molecule has 2 amide bonds. The molecule has 0 radical (unpaired) electrons. The van der Waals surface area contributed by atoms with Gasteiger partial charge in [-0.3, -0.25) is 9.36 Å². The number of ether oxygens (including phenoxy) is 4. The minimum absolute atomic E-state index is 0.0682. The first-order chi connectivity index (χ1) is 20.5. The van der Waals surface area contributed by atoms with E-state index in [1.54, 1.807) is 41.5 Å². The molecule has 45 heavy (non-hydrogen) atoms. The van der Waals surface area contributed by atoms with Gasteiger partial charge in [0.05, 0.1) is 6.61 Å². The number of hydrogen-bond donors (Lipinski definition) is 0. The predicted molar refractivity (Wildman–Crippen MR) is 167 cm³/mol. The van der Waals surface area contributed by atoms with Crippen LogP contribution >= 0.6 is 0 Å². The molecule has 2 fully saturated rings. The summed E-state index contributed by atoms with van der Waals surface area (Å²) in [5.74, 6) is 2.51. The standard InChI is InChI=1S/C31H47N3O10Si/c1-14-31-23(42-27(38)34(31)28(39)44-30(11,12)13)21(17-40-45(18(2)3,19(4)5)20(6)7)41-24(31)32-16-15-22(35)33(25(32)36)26(37)43-29(8,9)10/h1,15-16,18-21,23-24H,17H2,2-13H3/t21-,23-,24-,31-/m1/s1. The average molecular weight is 650 g/mol. The van der Waals surface area contributed by atoms with Crippen LogP contribution in [0.5, 0.6) is 0 Å². The van der Waals surface area contributed by atoms with Crippen molar-refractivity contribution in [2.45, 2.75) is 135 Å². The molecule has 0 N–H and O–H groups in total. The van der Waals surface area contributed by atoms with Gasteiger partial charge in [0.25, 0.3) is 5.56 Å². The SMILES string of the molecule is C#C[C@]12[C@H](OC(=O)N1C(=O)OC(C)(C)C)[C@@H](CO[Si](C(C)C)(C(C)C)C(C)C)O[C@H]2n1ccc(=O)n(C(=O)OC(C)(C)C)c1=O. The van der Waals surface area contributed by atoms with Gasteiger partial charge in [-0.1, -0.05) is 47.5 Å². The molecule has 3 heterocycles. The van der Waals surface area contributed by atoms with E-state index in [1.807, 2.05) is 0 Å². The number of terminal acetylenes is 1. The van der Waals surface area contributed by atoms with Crippen LogP contribution in [-0.4, -0.2) is 76.2 Å². The van der Waals surface area contributed by atoms with Crippen LogP contribution in [0.2, 0.25) is 16.6 Å². The van der Waals surface area contributed by atoms with Crippen LogP contribution in [0.1, 0.15) is 89.3 Å². The summed E-state index contributed by atoms with van der Waals surface area (Å²) in [7, 11) is -2.48. The number of carbonyl (C=O) groups excluding carboxylic acids is 3. The minimum atomic E-state index is -2.48. The van der Waals surface area contributed by atoms with Crippen LogP contribution in [-0.2, 0) is 23.4 Å². The van der Waals surface area contributed by atoms with Gasteiger partial charge in [-0.05, 0) is 58.2 Å². The average Bonchev–Trinajstić information content (AvgIpc) is 3.32. The predicted octanol–water partition coefficient (Wildman–Crippen LogP) is 5.01. The van der Waals surface area contributed by atoms with Crippen molar-refractivity contribution in [1.82, 2.24) is 14.0 Å². The third kappa shape index (κ3) is 6.48. The van der Waals surface area contributed by atoms with Gasteiger partial charge in [-0.15, -0.1) is 6.42 Å². The molecule has 4 atom stereocenters. The highest BCUT2D eigenvalue weighted by atomic mass is 28.4. The normalized spacial score (nSPS) is 23.7. The first kappa shape index (κ1) is 36.1. The summed E-state index contributed by atoms with van der Waals surface area (Å²) >= 11 is 0. The molecule has 250 valence electrons. The molecular weight excluding hydrogens is 602 g/mol. The lowest BCUT2D eigenvalue weighted by molar-refractivity contribution is -0.0666. The lowest BCUT2D eigenvalue weighted by atomic mass is 9.90. The number of aromatic nitrogens is 2. The fourth-order valence-corrected chi connectivity index (χ4v) is 12.0. The number of amides is 2. The zero-order valence-electron chi connectivity index (χ0n) is 28.3. The molecule has 0 spiro atoms. The van der Waals surface area contributed by atoms with Crippen LogP contribution in [0.25, 0.3) is 0 Å². The Morgan fingerprint density at radius 3 is 1.93 bits per heavy atom. The van der Waals surface area contributed by atoms with E-state index in [9.17, 15) is 24.0 Å². The van der Waals surface area contributed by atoms with E-state index in [0.29, 0.717) is 9.47 Å². The van der Waals surface area contributed by atoms with Crippen molar-refractivity contribution < 1.29 is 37.8 Å². The van der Waals surface area contributed by atoms with E-state index in [1.165, 1.54) is 0 Å². The van der Waals surface area contributed by atoms with Gasteiger partial charge in [0.1, 0.15) is 17.3 Å². The largest absolute Gasteiger partial charge is 0.443 e. The summed E-state index contributed by atoms with van der Waals surface area (Å²) < 4.78 is 30.8. The monoisotopic (exact) mass is 649 g/mol. The molecule has 0 aliphatic carbocycles. The molecular formula is C31H47N3O10Si. The zero-order chi connectivity index (χ0) is 34.4. The summed E-state index contributed by atoms with van der Waals surface area (Å²) in [5.41, 5.74) is -5.62. The van der Waals surface area contributed by atoms with Crippen LogP contribution < -0.4 is 11.2 Å². The van der Waals surface area contributed by atoms with Gasteiger partial charge in [-0.25, -0.2) is 19.2 Å². The van der Waals surface area contributed by atoms with Gasteiger partial charge in [-0.2, -0.15) is 9.47 Å². The topological polar surface area (TPSA) is 145 Å². The molecule has 14 heteroatoms. The second-order valence-corrected chi connectivity index (χ2v) is 19.9. The van der Waals surface area contributed by atoms with Crippen molar-refractivity contribution in [1.29, 1.82) is 0 Å². The van der Waals surface area contributed by atoms with Gasteiger partial charge in [0.15, 0.2) is 20.6 Å². The summed E-state index contributed by atoms with van der Waals surface area (Å²) in [6.45, 7) is 22.1. The first-order valence-electron chi connectivity index (χ1n) is 15.1. The lowest BCUT2D eigenvalue weighted by Crippen LogP contribution is -2.59. The Morgan fingerprint density at radius 2 is 1.47 bits per heavy atom. The maximum atomic E-state index is 13.8. The number of hydrogen-bond acceptors (Lipinski definition) is 10. The maximum Gasteiger partial charge on any atom is 0.425 e. The van der Waals surface area contributed by atoms with Crippen molar-refractivity contribution in [3.05, 3.63) is 33.1 Å². The zero-order valence-corrected chi connectivity index (χ0v) is 29.3. The number of imide groups is 1. The Hall–Kier alpha value is -3.41. The molecule has 2 aliphatic rings. The van der Waals surface area contributed by atoms with Crippen molar-refractivity contribution in [2.75, 3.05) is 6.61 Å². The maximum absolute atomic E-state index is 13.8. The molecule has 2 aliphatic heterocycles.